The van der Waals surface area contributed by atoms with Crippen LogP contribution in [-0.4, -0.2) is 47.8 Å². The van der Waals surface area contributed by atoms with Gasteiger partial charge in [0, 0.05) is 37.3 Å². The molecule has 0 atom stereocenters. The Bertz CT molecular complexity index is 811. The van der Waals surface area contributed by atoms with Gasteiger partial charge in [0.2, 0.25) is 0 Å². The third-order valence-corrected chi connectivity index (χ3v) is 4.52. The van der Waals surface area contributed by atoms with E-state index in [0.717, 1.165) is 5.56 Å². The van der Waals surface area contributed by atoms with E-state index in [1.807, 2.05) is 31.2 Å². The largest absolute Gasteiger partial charge is 0.335 e. The number of benzene rings is 2. The molecule has 0 unspecified atom stereocenters. The van der Waals surface area contributed by atoms with Gasteiger partial charge >= 0.3 is 0 Å². The SMILES string of the molecule is Cc1cccc(C(=O)N2CCN(C(=O)c3ccc(F)c(C)c3)CC2)c1. The van der Waals surface area contributed by atoms with E-state index in [2.05, 4.69) is 0 Å². The third-order valence-electron chi connectivity index (χ3n) is 4.52. The van der Waals surface area contributed by atoms with Gasteiger partial charge in [-0.05, 0) is 49.7 Å². The van der Waals surface area contributed by atoms with Gasteiger partial charge < -0.3 is 9.80 Å². The van der Waals surface area contributed by atoms with E-state index in [1.54, 1.807) is 22.8 Å². The van der Waals surface area contributed by atoms with Gasteiger partial charge in [-0.15, -0.1) is 0 Å². The number of amides is 2. The molecule has 1 fully saturated rings. The number of hydrogen-bond donors (Lipinski definition) is 0. The van der Waals surface area contributed by atoms with Crippen molar-refractivity contribution in [1.29, 1.82) is 0 Å². The van der Waals surface area contributed by atoms with E-state index in [9.17, 15) is 14.0 Å². The summed E-state index contributed by atoms with van der Waals surface area (Å²) in [5.41, 5.74) is 2.66. The standard InChI is InChI=1S/C20H21FN2O2/c1-14-4-3-5-16(12-14)19(24)22-8-10-23(11-9-22)20(25)17-6-7-18(21)15(2)13-17/h3-7,12-13H,8-11H2,1-2H3. The number of aryl methyl sites for hydroxylation is 2. The fraction of sp³-hybridized carbons (Fsp3) is 0.300. The van der Waals surface area contributed by atoms with E-state index in [-0.39, 0.29) is 17.6 Å². The molecule has 3 rings (SSSR count). The van der Waals surface area contributed by atoms with Crippen LogP contribution in [0.1, 0.15) is 31.8 Å². The predicted octanol–water partition coefficient (Wildman–Crippen LogP) is 3.04. The molecular formula is C20H21FN2O2. The average Bonchev–Trinajstić information content (AvgIpc) is 2.63. The number of rotatable bonds is 2. The summed E-state index contributed by atoms with van der Waals surface area (Å²) >= 11 is 0. The van der Waals surface area contributed by atoms with Crippen molar-refractivity contribution in [2.75, 3.05) is 26.2 Å². The van der Waals surface area contributed by atoms with Gasteiger partial charge in [0.15, 0.2) is 0 Å². The van der Waals surface area contributed by atoms with Gasteiger partial charge in [0.05, 0.1) is 0 Å². The highest BCUT2D eigenvalue weighted by Crippen LogP contribution is 2.15. The van der Waals surface area contributed by atoms with Crippen molar-refractivity contribution in [3.8, 4) is 0 Å². The first kappa shape index (κ1) is 17.1. The quantitative estimate of drug-likeness (QED) is 0.843. The minimum atomic E-state index is -0.315. The predicted molar refractivity (Wildman–Crippen MR) is 94.1 cm³/mol. The van der Waals surface area contributed by atoms with Gasteiger partial charge in [-0.1, -0.05) is 17.7 Å². The Morgan fingerprint density at radius 1 is 0.840 bits per heavy atom. The van der Waals surface area contributed by atoms with E-state index < -0.39 is 0 Å². The highest BCUT2D eigenvalue weighted by atomic mass is 19.1. The van der Waals surface area contributed by atoms with Gasteiger partial charge in [-0.3, -0.25) is 9.59 Å². The molecule has 0 aliphatic carbocycles. The minimum Gasteiger partial charge on any atom is -0.335 e. The van der Waals surface area contributed by atoms with Crippen LogP contribution in [0.5, 0.6) is 0 Å². The van der Waals surface area contributed by atoms with Crippen molar-refractivity contribution in [2.24, 2.45) is 0 Å². The highest BCUT2D eigenvalue weighted by molar-refractivity contribution is 5.96. The number of halogens is 1. The van der Waals surface area contributed by atoms with Crippen molar-refractivity contribution >= 4 is 11.8 Å². The van der Waals surface area contributed by atoms with E-state index in [1.165, 1.54) is 12.1 Å². The lowest BCUT2D eigenvalue weighted by Crippen LogP contribution is -2.50. The van der Waals surface area contributed by atoms with Crippen LogP contribution in [0, 0.1) is 19.7 Å². The zero-order chi connectivity index (χ0) is 18.0. The Balaban J connectivity index is 1.64. The molecular weight excluding hydrogens is 319 g/mol. The molecule has 0 spiro atoms. The molecule has 2 aromatic carbocycles. The number of piperazine rings is 1. The number of carbonyl (C=O) groups is 2. The van der Waals surface area contributed by atoms with Crippen molar-refractivity contribution in [3.63, 3.8) is 0 Å². The van der Waals surface area contributed by atoms with Gasteiger partial charge in [-0.25, -0.2) is 4.39 Å². The molecule has 1 aliphatic heterocycles. The molecule has 0 saturated carbocycles. The first-order chi connectivity index (χ1) is 12.0. The monoisotopic (exact) mass is 340 g/mol. The second-order valence-electron chi connectivity index (χ2n) is 6.42. The molecule has 5 heteroatoms. The van der Waals surface area contributed by atoms with Crippen molar-refractivity contribution in [2.45, 2.75) is 13.8 Å². The first-order valence-electron chi connectivity index (χ1n) is 8.37. The topological polar surface area (TPSA) is 40.6 Å². The van der Waals surface area contributed by atoms with Crippen LogP contribution >= 0.6 is 0 Å². The molecule has 0 radical (unpaired) electrons. The lowest BCUT2D eigenvalue weighted by molar-refractivity contribution is 0.0535. The van der Waals surface area contributed by atoms with Crippen LogP contribution in [0.15, 0.2) is 42.5 Å². The zero-order valence-electron chi connectivity index (χ0n) is 14.5. The first-order valence-corrected chi connectivity index (χ1v) is 8.37. The van der Waals surface area contributed by atoms with Crippen LogP contribution in [0.2, 0.25) is 0 Å². The number of hydrogen-bond acceptors (Lipinski definition) is 2. The third kappa shape index (κ3) is 3.71. The highest BCUT2D eigenvalue weighted by Gasteiger charge is 2.25. The molecule has 0 aromatic heterocycles. The van der Waals surface area contributed by atoms with E-state index in [4.69, 9.17) is 0 Å². The summed E-state index contributed by atoms with van der Waals surface area (Å²) < 4.78 is 13.4. The van der Waals surface area contributed by atoms with Crippen LogP contribution in [0.25, 0.3) is 0 Å². The zero-order valence-corrected chi connectivity index (χ0v) is 14.5. The molecule has 0 bridgehead atoms. The lowest BCUT2D eigenvalue weighted by Gasteiger charge is -2.35. The Morgan fingerprint density at radius 2 is 1.40 bits per heavy atom. The summed E-state index contributed by atoms with van der Waals surface area (Å²) in [6, 6.07) is 11.9. The normalized spacial score (nSPS) is 14.5. The Kier molecular flexibility index (Phi) is 4.83. The number of nitrogens with zero attached hydrogens (tertiary/aromatic N) is 2. The average molecular weight is 340 g/mol. The van der Waals surface area contributed by atoms with Crippen molar-refractivity contribution in [1.82, 2.24) is 9.80 Å². The van der Waals surface area contributed by atoms with Crippen molar-refractivity contribution in [3.05, 3.63) is 70.5 Å². The van der Waals surface area contributed by atoms with Gasteiger partial charge in [0.1, 0.15) is 5.82 Å². The van der Waals surface area contributed by atoms with Gasteiger partial charge in [0.25, 0.3) is 11.8 Å². The summed E-state index contributed by atoms with van der Waals surface area (Å²) in [6.07, 6.45) is 0. The molecule has 0 N–H and O–H groups in total. The van der Waals surface area contributed by atoms with Crippen LogP contribution in [0.3, 0.4) is 0 Å². The maximum Gasteiger partial charge on any atom is 0.253 e. The maximum absolute atomic E-state index is 13.4. The van der Waals surface area contributed by atoms with E-state index >= 15 is 0 Å². The summed E-state index contributed by atoms with van der Waals surface area (Å²) in [6.45, 7) is 5.56. The molecule has 1 saturated heterocycles. The Labute approximate surface area is 146 Å². The fourth-order valence-corrected chi connectivity index (χ4v) is 3.03. The van der Waals surface area contributed by atoms with E-state index in [0.29, 0.717) is 42.9 Å². The lowest BCUT2D eigenvalue weighted by atomic mass is 10.1. The Hall–Kier alpha value is -2.69. The van der Waals surface area contributed by atoms with Crippen LogP contribution in [0.4, 0.5) is 4.39 Å². The summed E-state index contributed by atoms with van der Waals surface area (Å²) in [5.74, 6) is -0.440. The summed E-state index contributed by atoms with van der Waals surface area (Å²) in [7, 11) is 0. The molecule has 130 valence electrons. The molecule has 25 heavy (non-hydrogen) atoms. The molecule has 2 amide bonds. The van der Waals surface area contributed by atoms with Gasteiger partial charge in [-0.2, -0.15) is 0 Å². The molecule has 2 aromatic rings. The minimum absolute atomic E-state index is 0.00609. The van der Waals surface area contributed by atoms with Crippen molar-refractivity contribution < 1.29 is 14.0 Å². The van der Waals surface area contributed by atoms with Crippen LogP contribution < -0.4 is 0 Å². The second kappa shape index (κ2) is 7.05. The summed E-state index contributed by atoms with van der Waals surface area (Å²) in [5, 5.41) is 0. The summed E-state index contributed by atoms with van der Waals surface area (Å²) in [4.78, 5) is 28.6. The van der Waals surface area contributed by atoms with Crippen LogP contribution in [-0.2, 0) is 0 Å². The smallest absolute Gasteiger partial charge is 0.253 e. The second-order valence-corrected chi connectivity index (χ2v) is 6.42. The molecule has 4 nitrogen and oxygen atoms in total. The number of carbonyl (C=O) groups excluding carboxylic acids is 2. The molecule has 1 heterocycles. The fourth-order valence-electron chi connectivity index (χ4n) is 3.03. The maximum atomic E-state index is 13.4. The Morgan fingerprint density at radius 3 is 1.92 bits per heavy atom. The molecule has 1 aliphatic rings.